The van der Waals surface area contributed by atoms with Crippen molar-refractivity contribution in [3.63, 3.8) is 0 Å². The van der Waals surface area contributed by atoms with Gasteiger partial charge in [0.1, 0.15) is 11.5 Å². The van der Waals surface area contributed by atoms with Crippen molar-refractivity contribution in [3.05, 3.63) is 46.5 Å². The smallest absolute Gasteiger partial charge is 0.126 e. The van der Waals surface area contributed by atoms with E-state index in [0.717, 1.165) is 84.7 Å². The van der Waals surface area contributed by atoms with Gasteiger partial charge >= 0.3 is 0 Å². The SMILES string of the molecule is CCCCOCc1cc(-c2cc(COCCCC)c(O)c(COCCCC)c2)cc(COCCCC)c1O. The number of hydrogen-bond acceptors (Lipinski definition) is 6. The van der Waals surface area contributed by atoms with E-state index in [1.54, 1.807) is 0 Å². The zero-order chi connectivity index (χ0) is 27.6. The summed E-state index contributed by atoms with van der Waals surface area (Å²) in [4.78, 5) is 0. The molecule has 0 aliphatic rings. The number of unbranched alkanes of at least 4 members (excludes halogenated alkanes) is 4. The summed E-state index contributed by atoms with van der Waals surface area (Å²) in [7, 11) is 0. The molecular weight excluding hydrogens is 480 g/mol. The Labute approximate surface area is 230 Å². The lowest BCUT2D eigenvalue weighted by molar-refractivity contribution is 0.110. The molecule has 0 spiro atoms. The second kappa shape index (κ2) is 19.0. The van der Waals surface area contributed by atoms with Crippen molar-refractivity contribution in [1.29, 1.82) is 0 Å². The summed E-state index contributed by atoms with van der Waals surface area (Å²) in [6.45, 7) is 12.5. The van der Waals surface area contributed by atoms with Gasteiger partial charge in [0.25, 0.3) is 0 Å². The molecule has 2 rings (SSSR count). The molecule has 0 amide bonds. The van der Waals surface area contributed by atoms with Crippen molar-refractivity contribution in [1.82, 2.24) is 0 Å². The van der Waals surface area contributed by atoms with E-state index < -0.39 is 0 Å². The van der Waals surface area contributed by atoms with E-state index in [4.69, 9.17) is 18.9 Å². The predicted octanol–water partition coefficient (Wildman–Crippen LogP) is 8.03. The first kappa shape index (κ1) is 32.1. The van der Waals surface area contributed by atoms with Gasteiger partial charge in [-0.15, -0.1) is 0 Å². The second-order valence-corrected chi connectivity index (χ2v) is 9.91. The van der Waals surface area contributed by atoms with E-state index in [9.17, 15) is 10.2 Å². The number of phenolic OH excluding ortho intramolecular Hbond substituents is 2. The molecule has 214 valence electrons. The van der Waals surface area contributed by atoms with Gasteiger partial charge in [0, 0.05) is 48.7 Å². The van der Waals surface area contributed by atoms with Crippen LogP contribution in [-0.4, -0.2) is 36.6 Å². The Kier molecular flexibility index (Phi) is 16.1. The Hall–Kier alpha value is -2.12. The largest absolute Gasteiger partial charge is 0.507 e. The zero-order valence-electron chi connectivity index (χ0n) is 24.2. The normalized spacial score (nSPS) is 11.4. The molecule has 2 aromatic rings. The molecule has 38 heavy (non-hydrogen) atoms. The summed E-state index contributed by atoms with van der Waals surface area (Å²) in [5.41, 5.74) is 4.83. The zero-order valence-corrected chi connectivity index (χ0v) is 24.2. The first-order chi connectivity index (χ1) is 18.5. The fourth-order valence-electron chi connectivity index (χ4n) is 4.01. The lowest BCUT2D eigenvalue weighted by atomic mass is 9.95. The summed E-state index contributed by atoms with van der Waals surface area (Å²) < 4.78 is 23.5. The Morgan fingerprint density at radius 1 is 0.447 bits per heavy atom. The van der Waals surface area contributed by atoms with Crippen LogP contribution in [0.15, 0.2) is 24.3 Å². The average Bonchev–Trinajstić information content (AvgIpc) is 2.92. The number of rotatable bonds is 21. The van der Waals surface area contributed by atoms with Crippen LogP contribution in [0.2, 0.25) is 0 Å². The molecule has 0 aromatic heterocycles. The average molecular weight is 531 g/mol. The number of phenols is 2. The molecule has 2 N–H and O–H groups in total. The quantitative estimate of drug-likeness (QED) is 0.159. The van der Waals surface area contributed by atoms with E-state index in [0.29, 0.717) is 52.9 Å². The molecule has 6 nitrogen and oxygen atoms in total. The Balaban J connectivity index is 2.43. The summed E-state index contributed by atoms with van der Waals surface area (Å²) in [6.07, 6.45) is 8.15. The van der Waals surface area contributed by atoms with Crippen molar-refractivity contribution in [3.8, 4) is 22.6 Å². The van der Waals surface area contributed by atoms with E-state index in [2.05, 4.69) is 27.7 Å². The van der Waals surface area contributed by atoms with Crippen LogP contribution in [0.3, 0.4) is 0 Å². The van der Waals surface area contributed by atoms with Crippen molar-refractivity contribution >= 4 is 0 Å². The van der Waals surface area contributed by atoms with E-state index in [1.165, 1.54) is 0 Å². The number of hydrogen-bond donors (Lipinski definition) is 2. The maximum atomic E-state index is 11.0. The summed E-state index contributed by atoms with van der Waals surface area (Å²) in [5.74, 6) is 0.457. The molecule has 0 atom stereocenters. The summed E-state index contributed by atoms with van der Waals surface area (Å²) in [5, 5.41) is 22.0. The lowest BCUT2D eigenvalue weighted by Gasteiger charge is -2.17. The van der Waals surface area contributed by atoms with Gasteiger partial charge in [0.15, 0.2) is 0 Å². The van der Waals surface area contributed by atoms with E-state index >= 15 is 0 Å². The first-order valence-corrected chi connectivity index (χ1v) is 14.6. The summed E-state index contributed by atoms with van der Waals surface area (Å²) >= 11 is 0. The van der Waals surface area contributed by atoms with Crippen LogP contribution in [0.1, 0.15) is 101 Å². The van der Waals surface area contributed by atoms with Crippen LogP contribution in [-0.2, 0) is 45.4 Å². The molecule has 0 unspecified atom stereocenters. The van der Waals surface area contributed by atoms with Crippen molar-refractivity contribution in [2.24, 2.45) is 0 Å². The van der Waals surface area contributed by atoms with E-state index in [-0.39, 0.29) is 11.5 Å². The molecule has 0 saturated heterocycles. The molecule has 0 aliphatic carbocycles. The van der Waals surface area contributed by atoms with Crippen LogP contribution in [0.4, 0.5) is 0 Å². The topological polar surface area (TPSA) is 77.4 Å². The third kappa shape index (κ3) is 10.9. The maximum Gasteiger partial charge on any atom is 0.126 e. The molecular formula is C32H50O6. The van der Waals surface area contributed by atoms with Gasteiger partial charge in [-0.3, -0.25) is 0 Å². The van der Waals surface area contributed by atoms with Gasteiger partial charge < -0.3 is 29.2 Å². The van der Waals surface area contributed by atoms with Gasteiger partial charge in [-0.25, -0.2) is 0 Å². The predicted molar refractivity (Wildman–Crippen MR) is 153 cm³/mol. The Morgan fingerprint density at radius 3 is 0.895 bits per heavy atom. The number of aromatic hydroxyl groups is 2. The monoisotopic (exact) mass is 530 g/mol. The highest BCUT2D eigenvalue weighted by Gasteiger charge is 2.16. The molecule has 0 heterocycles. The second-order valence-electron chi connectivity index (χ2n) is 9.91. The molecule has 0 bridgehead atoms. The summed E-state index contributed by atoms with van der Waals surface area (Å²) in [6, 6.07) is 7.92. The Bertz CT molecular complexity index is 785. The third-order valence-corrected chi connectivity index (χ3v) is 6.47. The fraction of sp³-hybridized carbons (Fsp3) is 0.625. The first-order valence-electron chi connectivity index (χ1n) is 14.6. The van der Waals surface area contributed by atoms with E-state index in [1.807, 2.05) is 24.3 Å². The van der Waals surface area contributed by atoms with Gasteiger partial charge in [0.05, 0.1) is 26.4 Å². The van der Waals surface area contributed by atoms with Gasteiger partial charge in [0.2, 0.25) is 0 Å². The van der Waals surface area contributed by atoms with Crippen molar-refractivity contribution < 1.29 is 29.2 Å². The molecule has 6 heteroatoms. The van der Waals surface area contributed by atoms with Crippen molar-refractivity contribution in [2.75, 3.05) is 26.4 Å². The molecule has 0 saturated carbocycles. The highest BCUT2D eigenvalue weighted by Crippen LogP contribution is 2.36. The van der Waals surface area contributed by atoms with Crippen LogP contribution >= 0.6 is 0 Å². The van der Waals surface area contributed by atoms with Gasteiger partial charge in [-0.05, 0) is 61.1 Å². The Morgan fingerprint density at radius 2 is 0.684 bits per heavy atom. The van der Waals surface area contributed by atoms with Crippen LogP contribution < -0.4 is 0 Å². The number of benzene rings is 2. The van der Waals surface area contributed by atoms with Crippen LogP contribution in [0, 0.1) is 0 Å². The molecule has 0 fully saturated rings. The minimum Gasteiger partial charge on any atom is -0.507 e. The molecule has 0 radical (unpaired) electrons. The highest BCUT2D eigenvalue weighted by atomic mass is 16.5. The number of ether oxygens (including phenoxy) is 4. The molecule has 0 aliphatic heterocycles. The lowest BCUT2D eigenvalue weighted by Crippen LogP contribution is -2.03. The third-order valence-electron chi connectivity index (χ3n) is 6.47. The maximum absolute atomic E-state index is 11.0. The van der Waals surface area contributed by atoms with Gasteiger partial charge in [-0.1, -0.05) is 53.4 Å². The fourth-order valence-corrected chi connectivity index (χ4v) is 4.01. The molecule has 2 aromatic carbocycles. The van der Waals surface area contributed by atoms with Crippen LogP contribution in [0.5, 0.6) is 11.5 Å². The standard InChI is InChI=1S/C32H50O6/c1-5-9-13-35-21-27-17-25(18-28(31(27)33)22-36-14-10-6-2)26-19-29(23-37-15-11-7-3)32(34)30(20-26)24-38-16-12-8-4/h17-20,33-34H,5-16,21-24H2,1-4H3. The van der Waals surface area contributed by atoms with Crippen LogP contribution in [0.25, 0.3) is 11.1 Å². The minimum atomic E-state index is 0.228. The van der Waals surface area contributed by atoms with Gasteiger partial charge in [-0.2, -0.15) is 0 Å². The highest BCUT2D eigenvalue weighted by molar-refractivity contribution is 5.70. The van der Waals surface area contributed by atoms with Crippen molar-refractivity contribution in [2.45, 2.75) is 105 Å². The minimum absolute atomic E-state index is 0.228.